The highest BCUT2D eigenvalue weighted by Crippen LogP contribution is 2.41. The average molecular weight is 235 g/mol. The van der Waals surface area contributed by atoms with Crippen molar-refractivity contribution < 1.29 is 4.79 Å². The molecule has 2 saturated carbocycles. The average Bonchev–Trinajstić information content (AvgIpc) is 2.91. The minimum atomic E-state index is 0.0247. The van der Waals surface area contributed by atoms with E-state index < -0.39 is 0 Å². The highest BCUT2D eigenvalue weighted by Gasteiger charge is 2.40. The van der Waals surface area contributed by atoms with E-state index >= 15 is 0 Å². The molecule has 96 valence electrons. The van der Waals surface area contributed by atoms with Crippen LogP contribution < -0.4 is 0 Å². The van der Waals surface area contributed by atoms with Crippen molar-refractivity contribution in [3.63, 3.8) is 0 Å². The predicted octanol–water partition coefficient (Wildman–Crippen LogP) is 2.87. The molecule has 0 aromatic heterocycles. The van der Waals surface area contributed by atoms with Crippen LogP contribution in [0, 0.1) is 17.3 Å². The monoisotopic (exact) mass is 235 g/mol. The van der Waals surface area contributed by atoms with Gasteiger partial charge in [0.2, 0.25) is 0 Å². The summed E-state index contributed by atoms with van der Waals surface area (Å²) in [5.41, 5.74) is 0.0247. The molecule has 3 aliphatic rings. The first-order chi connectivity index (χ1) is 8.31. The van der Waals surface area contributed by atoms with E-state index in [1.165, 1.54) is 57.9 Å². The fourth-order valence-electron chi connectivity index (χ4n) is 4.48. The largest absolute Gasteiger partial charge is 0.303 e. The molecule has 2 unspecified atom stereocenters. The van der Waals surface area contributed by atoms with Crippen molar-refractivity contribution in [2.45, 2.75) is 51.4 Å². The molecule has 0 amide bonds. The molecule has 0 aromatic rings. The van der Waals surface area contributed by atoms with Crippen LogP contribution in [-0.4, -0.2) is 30.8 Å². The lowest BCUT2D eigenvalue weighted by Crippen LogP contribution is -2.39. The van der Waals surface area contributed by atoms with E-state index in [1.807, 2.05) is 0 Å². The maximum absolute atomic E-state index is 11.5. The summed E-state index contributed by atoms with van der Waals surface area (Å²) in [6.45, 7) is 3.62. The third kappa shape index (κ3) is 2.29. The second-order valence-corrected chi connectivity index (χ2v) is 6.69. The second kappa shape index (κ2) is 4.72. The molecule has 1 aliphatic heterocycles. The van der Waals surface area contributed by atoms with Gasteiger partial charge < -0.3 is 9.69 Å². The van der Waals surface area contributed by atoms with E-state index in [-0.39, 0.29) is 5.41 Å². The summed E-state index contributed by atoms with van der Waals surface area (Å²) in [7, 11) is 0. The van der Waals surface area contributed by atoms with E-state index in [0.717, 1.165) is 31.2 Å². The van der Waals surface area contributed by atoms with Gasteiger partial charge in [-0.1, -0.05) is 25.7 Å². The van der Waals surface area contributed by atoms with Crippen LogP contribution in [0.25, 0.3) is 0 Å². The zero-order valence-corrected chi connectivity index (χ0v) is 10.9. The highest BCUT2D eigenvalue weighted by atomic mass is 16.1. The third-order valence-corrected chi connectivity index (χ3v) is 5.44. The molecular weight excluding hydrogens is 210 g/mol. The molecule has 0 aromatic carbocycles. The Morgan fingerprint density at radius 1 is 1.00 bits per heavy atom. The van der Waals surface area contributed by atoms with Gasteiger partial charge in [0.15, 0.2) is 0 Å². The fraction of sp³-hybridized carbons (Fsp3) is 0.933. The molecule has 2 atom stereocenters. The first kappa shape index (κ1) is 11.7. The van der Waals surface area contributed by atoms with E-state index in [1.54, 1.807) is 0 Å². The lowest BCUT2D eigenvalue weighted by Gasteiger charge is -2.35. The SMILES string of the molecule is O=CC1(CN2CC3CCCC3C2)CCCCC1. The van der Waals surface area contributed by atoms with Crippen LogP contribution in [0.2, 0.25) is 0 Å². The molecule has 3 rings (SSSR count). The highest BCUT2D eigenvalue weighted by molar-refractivity contribution is 5.60. The molecule has 2 nitrogen and oxygen atoms in total. The molecule has 2 heteroatoms. The maximum Gasteiger partial charge on any atom is 0.127 e. The smallest absolute Gasteiger partial charge is 0.127 e. The molecule has 0 radical (unpaired) electrons. The Hall–Kier alpha value is -0.370. The number of hydrogen-bond acceptors (Lipinski definition) is 2. The summed E-state index contributed by atoms with van der Waals surface area (Å²) in [5, 5.41) is 0. The third-order valence-electron chi connectivity index (χ3n) is 5.44. The zero-order chi connectivity index (χ0) is 11.7. The lowest BCUT2D eigenvalue weighted by atomic mass is 9.75. The number of fused-ring (bicyclic) bond motifs is 1. The molecule has 0 N–H and O–H groups in total. The summed E-state index contributed by atoms with van der Waals surface area (Å²) in [5.74, 6) is 1.92. The first-order valence-electron chi connectivity index (χ1n) is 7.50. The van der Waals surface area contributed by atoms with Crippen LogP contribution in [0.4, 0.5) is 0 Å². The van der Waals surface area contributed by atoms with Gasteiger partial charge in [-0.3, -0.25) is 0 Å². The number of aldehydes is 1. The molecule has 3 fully saturated rings. The van der Waals surface area contributed by atoms with Gasteiger partial charge >= 0.3 is 0 Å². The first-order valence-corrected chi connectivity index (χ1v) is 7.50. The standard InChI is InChI=1S/C15H25NO/c17-12-15(7-2-1-3-8-15)11-16-9-13-5-4-6-14(13)10-16/h12-14H,1-11H2. The van der Waals surface area contributed by atoms with E-state index in [4.69, 9.17) is 0 Å². The van der Waals surface area contributed by atoms with Crippen molar-refractivity contribution in [2.24, 2.45) is 17.3 Å². The Morgan fingerprint density at radius 3 is 2.24 bits per heavy atom. The molecule has 0 bridgehead atoms. The Labute approximate surface area is 105 Å². The van der Waals surface area contributed by atoms with Crippen LogP contribution in [0.5, 0.6) is 0 Å². The van der Waals surface area contributed by atoms with Crippen LogP contribution in [0.1, 0.15) is 51.4 Å². The Balaban J connectivity index is 1.60. The number of rotatable bonds is 3. The van der Waals surface area contributed by atoms with Gasteiger partial charge in [0.25, 0.3) is 0 Å². The van der Waals surface area contributed by atoms with Crippen LogP contribution in [0.15, 0.2) is 0 Å². The quantitative estimate of drug-likeness (QED) is 0.701. The van der Waals surface area contributed by atoms with Gasteiger partial charge in [0, 0.05) is 25.0 Å². The Kier molecular flexibility index (Phi) is 3.25. The minimum absolute atomic E-state index is 0.0247. The van der Waals surface area contributed by atoms with Gasteiger partial charge in [0.1, 0.15) is 6.29 Å². The van der Waals surface area contributed by atoms with Crippen LogP contribution >= 0.6 is 0 Å². The van der Waals surface area contributed by atoms with Crippen LogP contribution in [0.3, 0.4) is 0 Å². The normalized spacial score (nSPS) is 36.9. The number of carbonyl (C=O) groups is 1. The second-order valence-electron chi connectivity index (χ2n) is 6.69. The van der Waals surface area contributed by atoms with E-state index in [0.29, 0.717) is 0 Å². The number of nitrogens with zero attached hydrogens (tertiary/aromatic N) is 1. The molecular formula is C15H25NO. The molecule has 0 spiro atoms. The van der Waals surface area contributed by atoms with Crippen molar-refractivity contribution in [1.29, 1.82) is 0 Å². The molecule has 1 saturated heterocycles. The molecule has 2 aliphatic carbocycles. The van der Waals surface area contributed by atoms with Gasteiger partial charge in [-0.05, 0) is 37.5 Å². The van der Waals surface area contributed by atoms with Crippen molar-refractivity contribution in [3.8, 4) is 0 Å². The Morgan fingerprint density at radius 2 is 1.65 bits per heavy atom. The van der Waals surface area contributed by atoms with Crippen molar-refractivity contribution in [2.75, 3.05) is 19.6 Å². The van der Waals surface area contributed by atoms with Crippen LogP contribution in [-0.2, 0) is 4.79 Å². The zero-order valence-electron chi connectivity index (χ0n) is 10.9. The van der Waals surface area contributed by atoms with Crippen molar-refractivity contribution in [3.05, 3.63) is 0 Å². The van der Waals surface area contributed by atoms with Crippen molar-refractivity contribution >= 4 is 6.29 Å². The summed E-state index contributed by atoms with van der Waals surface area (Å²) in [6.07, 6.45) is 11.8. The number of likely N-dealkylation sites (tertiary alicyclic amines) is 1. The summed E-state index contributed by atoms with van der Waals surface area (Å²) < 4.78 is 0. The number of carbonyl (C=O) groups excluding carboxylic acids is 1. The molecule has 17 heavy (non-hydrogen) atoms. The summed E-state index contributed by atoms with van der Waals surface area (Å²) in [4.78, 5) is 14.1. The molecule has 1 heterocycles. The Bertz CT molecular complexity index is 271. The predicted molar refractivity (Wildman–Crippen MR) is 68.9 cm³/mol. The topological polar surface area (TPSA) is 20.3 Å². The fourth-order valence-corrected chi connectivity index (χ4v) is 4.48. The van der Waals surface area contributed by atoms with E-state index in [2.05, 4.69) is 4.90 Å². The summed E-state index contributed by atoms with van der Waals surface area (Å²) in [6, 6.07) is 0. The lowest BCUT2D eigenvalue weighted by molar-refractivity contribution is -0.119. The summed E-state index contributed by atoms with van der Waals surface area (Å²) >= 11 is 0. The number of hydrogen-bond donors (Lipinski definition) is 0. The minimum Gasteiger partial charge on any atom is -0.303 e. The maximum atomic E-state index is 11.5. The van der Waals surface area contributed by atoms with Gasteiger partial charge in [-0.25, -0.2) is 0 Å². The van der Waals surface area contributed by atoms with Gasteiger partial charge in [-0.15, -0.1) is 0 Å². The van der Waals surface area contributed by atoms with Crippen molar-refractivity contribution in [1.82, 2.24) is 4.90 Å². The van der Waals surface area contributed by atoms with Gasteiger partial charge in [-0.2, -0.15) is 0 Å². The van der Waals surface area contributed by atoms with Gasteiger partial charge in [0.05, 0.1) is 0 Å². The van der Waals surface area contributed by atoms with E-state index in [9.17, 15) is 4.79 Å².